The number of hydrogen-bond donors (Lipinski definition) is 0. The molecule has 4 nitrogen and oxygen atoms in total. The molecule has 4 bridgehead atoms. The predicted molar refractivity (Wildman–Crippen MR) is 133 cm³/mol. The lowest BCUT2D eigenvalue weighted by atomic mass is 9.47. The van der Waals surface area contributed by atoms with Crippen molar-refractivity contribution in [2.45, 2.75) is 89.6 Å². The van der Waals surface area contributed by atoms with Crippen LogP contribution in [0.2, 0.25) is 18.1 Å². The third-order valence-corrected chi connectivity index (χ3v) is 14.5. The third-order valence-electron chi connectivity index (χ3n) is 9.99. The second-order valence-electron chi connectivity index (χ2n) is 13.0. The van der Waals surface area contributed by atoms with E-state index in [1.54, 1.807) is 0 Å². The number of aromatic nitrogens is 2. The van der Waals surface area contributed by atoms with Gasteiger partial charge in [-0.1, -0.05) is 45.0 Å². The largest absolute Gasteiger partial charge is 0.413 e. The van der Waals surface area contributed by atoms with Gasteiger partial charge in [-0.25, -0.2) is 4.98 Å². The first-order chi connectivity index (χ1) is 15.6. The fraction of sp³-hybridized carbons (Fsp3) is 0.643. The Balaban J connectivity index is 1.25. The van der Waals surface area contributed by atoms with Crippen molar-refractivity contribution in [2.24, 2.45) is 23.2 Å². The van der Waals surface area contributed by atoms with Crippen LogP contribution in [-0.2, 0) is 9.22 Å². The molecule has 3 atom stereocenters. The number of hydrogen-bond acceptors (Lipinski definition) is 3. The Morgan fingerprint density at radius 2 is 1.85 bits per heavy atom. The molecule has 0 amide bonds. The zero-order valence-corrected chi connectivity index (χ0v) is 21.8. The van der Waals surface area contributed by atoms with Gasteiger partial charge in [0.05, 0.1) is 30.4 Å². The monoisotopic (exact) mass is 462 g/mol. The Labute approximate surface area is 199 Å². The van der Waals surface area contributed by atoms with E-state index in [-0.39, 0.29) is 16.5 Å². The SMILES string of the molecule is CC(C)(C)[Si](C)(C)OC1C2CC3CC1CC(C(=O)CC1c4ccccc4-c4cncn41)(C3)C2. The Hall–Kier alpha value is -1.72. The first-order valence-corrected chi connectivity index (χ1v) is 15.8. The van der Waals surface area contributed by atoms with Crippen LogP contribution in [0.1, 0.15) is 70.9 Å². The van der Waals surface area contributed by atoms with Gasteiger partial charge in [0.1, 0.15) is 5.78 Å². The van der Waals surface area contributed by atoms with Crippen LogP contribution in [0.5, 0.6) is 0 Å². The summed E-state index contributed by atoms with van der Waals surface area (Å²) in [6.07, 6.45) is 10.6. The van der Waals surface area contributed by atoms with E-state index < -0.39 is 8.32 Å². The van der Waals surface area contributed by atoms with Gasteiger partial charge in [-0.2, -0.15) is 0 Å². The van der Waals surface area contributed by atoms with Crippen LogP contribution in [0.4, 0.5) is 0 Å². The second kappa shape index (κ2) is 7.14. The molecule has 0 N–H and O–H groups in total. The van der Waals surface area contributed by atoms with Crippen molar-refractivity contribution in [1.29, 1.82) is 0 Å². The molecule has 4 aliphatic carbocycles. The molecule has 3 unspecified atom stereocenters. The van der Waals surface area contributed by atoms with E-state index in [1.165, 1.54) is 24.0 Å². The average molecular weight is 463 g/mol. The molecule has 2 heterocycles. The lowest BCUT2D eigenvalue weighted by Gasteiger charge is -2.60. The van der Waals surface area contributed by atoms with Crippen LogP contribution in [0, 0.1) is 23.2 Å². The van der Waals surface area contributed by atoms with E-state index in [9.17, 15) is 4.79 Å². The highest BCUT2D eigenvalue weighted by Crippen LogP contribution is 2.62. The van der Waals surface area contributed by atoms with Crippen molar-refractivity contribution in [1.82, 2.24) is 9.55 Å². The van der Waals surface area contributed by atoms with Gasteiger partial charge in [0.25, 0.3) is 0 Å². The van der Waals surface area contributed by atoms with Crippen LogP contribution in [0.25, 0.3) is 11.3 Å². The maximum absolute atomic E-state index is 14.1. The first kappa shape index (κ1) is 21.8. The van der Waals surface area contributed by atoms with E-state index in [0.717, 1.165) is 25.0 Å². The summed E-state index contributed by atoms with van der Waals surface area (Å²) in [4.78, 5) is 18.5. The number of carbonyl (C=O) groups is 1. The molecule has 176 valence electrons. The minimum atomic E-state index is -1.81. The highest BCUT2D eigenvalue weighted by atomic mass is 28.4. The predicted octanol–water partition coefficient (Wildman–Crippen LogP) is 6.63. The Kier molecular flexibility index (Phi) is 4.72. The summed E-state index contributed by atoms with van der Waals surface area (Å²) in [5.41, 5.74) is 3.55. The van der Waals surface area contributed by atoms with E-state index in [1.807, 2.05) is 12.5 Å². The van der Waals surface area contributed by atoms with Crippen molar-refractivity contribution < 1.29 is 9.22 Å². The van der Waals surface area contributed by atoms with Gasteiger partial charge in [-0.15, -0.1) is 0 Å². The number of Topliss-reactive ketones (excluding diaryl/α,β-unsaturated/α-hetero) is 1. The number of fused-ring (bicyclic) bond motifs is 3. The summed E-state index contributed by atoms with van der Waals surface area (Å²) in [7, 11) is -1.81. The van der Waals surface area contributed by atoms with E-state index >= 15 is 0 Å². The molecule has 4 fully saturated rings. The minimum Gasteiger partial charge on any atom is -0.413 e. The molecule has 5 aliphatic rings. The van der Waals surface area contributed by atoms with Crippen LogP contribution >= 0.6 is 0 Å². The molecular weight excluding hydrogens is 424 g/mol. The fourth-order valence-corrected chi connectivity index (χ4v) is 8.98. The number of ketones is 1. The third kappa shape index (κ3) is 3.25. The summed E-state index contributed by atoms with van der Waals surface area (Å²) < 4.78 is 9.26. The van der Waals surface area contributed by atoms with Gasteiger partial charge in [0.15, 0.2) is 8.32 Å². The van der Waals surface area contributed by atoms with Gasteiger partial charge >= 0.3 is 0 Å². The highest BCUT2D eigenvalue weighted by molar-refractivity contribution is 6.74. The summed E-state index contributed by atoms with van der Waals surface area (Å²) >= 11 is 0. The molecule has 7 rings (SSSR count). The molecule has 1 aromatic carbocycles. The summed E-state index contributed by atoms with van der Waals surface area (Å²) in [5, 5.41) is 0.230. The molecule has 0 radical (unpaired) electrons. The Bertz CT molecular complexity index is 1080. The van der Waals surface area contributed by atoms with Gasteiger partial charge in [-0.05, 0) is 73.6 Å². The van der Waals surface area contributed by atoms with Gasteiger partial charge < -0.3 is 8.99 Å². The Morgan fingerprint density at radius 3 is 2.55 bits per heavy atom. The number of imidazole rings is 1. The second-order valence-corrected chi connectivity index (χ2v) is 17.8. The highest BCUT2D eigenvalue weighted by Gasteiger charge is 2.59. The molecule has 1 aliphatic heterocycles. The van der Waals surface area contributed by atoms with Crippen LogP contribution in [0.3, 0.4) is 0 Å². The normalized spacial score (nSPS) is 34.4. The maximum atomic E-state index is 14.1. The van der Waals surface area contributed by atoms with Crippen molar-refractivity contribution in [3.05, 3.63) is 42.4 Å². The lowest BCUT2D eigenvalue weighted by molar-refractivity contribution is -0.159. The summed E-state index contributed by atoms with van der Waals surface area (Å²) in [6.45, 7) is 11.8. The van der Waals surface area contributed by atoms with Crippen LogP contribution in [0.15, 0.2) is 36.8 Å². The zero-order valence-electron chi connectivity index (χ0n) is 20.8. The van der Waals surface area contributed by atoms with Crippen molar-refractivity contribution >= 4 is 14.1 Å². The Morgan fingerprint density at radius 1 is 1.15 bits per heavy atom. The standard InChI is InChI=1S/C28H38N2O2Si/c1-27(2,3)33(4,5)32-26-19-10-18-11-20(26)15-28(13-18,14-19)25(31)12-23-21-8-6-7-9-22(21)24-16-29-17-30(23)24/h6-9,16-20,23,26H,10-15H2,1-5H3. The number of benzene rings is 1. The van der Waals surface area contributed by atoms with E-state index in [4.69, 9.17) is 4.43 Å². The summed E-state index contributed by atoms with van der Waals surface area (Å²) in [5.74, 6) is 2.34. The van der Waals surface area contributed by atoms with Crippen LogP contribution < -0.4 is 0 Å². The van der Waals surface area contributed by atoms with Gasteiger partial charge in [0.2, 0.25) is 0 Å². The van der Waals surface area contributed by atoms with Crippen molar-refractivity contribution in [2.75, 3.05) is 0 Å². The smallest absolute Gasteiger partial charge is 0.192 e. The maximum Gasteiger partial charge on any atom is 0.192 e. The number of rotatable bonds is 5. The topological polar surface area (TPSA) is 44.1 Å². The van der Waals surface area contributed by atoms with Crippen LogP contribution in [-0.4, -0.2) is 29.8 Å². The van der Waals surface area contributed by atoms with Gasteiger partial charge in [-0.3, -0.25) is 4.79 Å². The lowest BCUT2D eigenvalue weighted by Crippen LogP contribution is -2.59. The molecular formula is C28H38N2O2Si. The average Bonchev–Trinajstić information content (AvgIpc) is 3.32. The molecule has 0 spiro atoms. The zero-order chi connectivity index (χ0) is 23.2. The molecule has 5 heteroatoms. The fourth-order valence-electron chi connectivity index (χ4n) is 7.56. The minimum absolute atomic E-state index is 0.0958. The van der Waals surface area contributed by atoms with Gasteiger partial charge in [0, 0.05) is 17.4 Å². The molecule has 0 saturated heterocycles. The molecule has 2 aromatic rings. The molecule has 4 saturated carbocycles. The number of nitrogens with zero attached hydrogens (tertiary/aromatic N) is 2. The van der Waals surface area contributed by atoms with E-state index in [0.29, 0.717) is 36.1 Å². The number of carbonyl (C=O) groups excluding carboxylic acids is 1. The molecule has 1 aromatic heterocycles. The summed E-state index contributed by atoms with van der Waals surface area (Å²) in [6, 6.07) is 8.65. The molecule has 33 heavy (non-hydrogen) atoms. The van der Waals surface area contributed by atoms with Crippen molar-refractivity contribution in [3.8, 4) is 11.3 Å². The quantitative estimate of drug-likeness (QED) is 0.469. The van der Waals surface area contributed by atoms with Crippen molar-refractivity contribution in [3.63, 3.8) is 0 Å². The van der Waals surface area contributed by atoms with E-state index in [2.05, 4.69) is 67.7 Å². The first-order valence-electron chi connectivity index (χ1n) is 12.9.